The Bertz CT molecular complexity index is 150. The van der Waals surface area contributed by atoms with Gasteiger partial charge in [0.15, 0.2) is 0 Å². The van der Waals surface area contributed by atoms with Crippen molar-refractivity contribution in [1.29, 1.82) is 0 Å². The van der Waals surface area contributed by atoms with Crippen LogP contribution in [0.15, 0.2) is 12.2 Å². The lowest BCUT2D eigenvalue weighted by Gasteiger charge is -2.04. The van der Waals surface area contributed by atoms with Crippen molar-refractivity contribution in [2.45, 2.75) is 33.6 Å². The molecule has 0 amide bonds. The second-order valence-electron chi connectivity index (χ2n) is 2.76. The van der Waals surface area contributed by atoms with Crippen molar-refractivity contribution in [3.05, 3.63) is 12.2 Å². The quantitative estimate of drug-likeness (QED) is 0.468. The molecule has 12 heavy (non-hydrogen) atoms. The van der Waals surface area contributed by atoms with Gasteiger partial charge in [-0.3, -0.25) is 4.79 Å². The predicted octanol–water partition coefficient (Wildman–Crippen LogP) is 2.54. The highest BCUT2D eigenvalue weighted by Gasteiger charge is 2.08. The van der Waals surface area contributed by atoms with Gasteiger partial charge in [0.05, 0.1) is 12.5 Å². The van der Waals surface area contributed by atoms with E-state index in [0.29, 0.717) is 6.61 Å². The molecule has 0 aliphatic rings. The van der Waals surface area contributed by atoms with Gasteiger partial charge in [-0.25, -0.2) is 0 Å². The van der Waals surface area contributed by atoms with Crippen LogP contribution in [-0.4, -0.2) is 12.6 Å². The molecule has 0 aromatic heterocycles. The van der Waals surface area contributed by atoms with Crippen LogP contribution in [0.4, 0.5) is 0 Å². The van der Waals surface area contributed by atoms with E-state index in [1.807, 2.05) is 26.0 Å². The summed E-state index contributed by atoms with van der Waals surface area (Å²) in [5.74, 6) is -0.235. The topological polar surface area (TPSA) is 26.3 Å². The molecule has 0 fully saturated rings. The zero-order chi connectivity index (χ0) is 9.40. The highest BCUT2D eigenvalue weighted by Crippen LogP contribution is 2.02. The Morgan fingerprint density at radius 2 is 2.17 bits per heavy atom. The Kier molecular flexibility index (Phi) is 6.44. The predicted molar refractivity (Wildman–Crippen MR) is 49.8 cm³/mol. The zero-order valence-electron chi connectivity index (χ0n) is 8.17. The fraction of sp³-hybridized carbons (Fsp3) is 0.700. The lowest BCUT2D eigenvalue weighted by molar-refractivity contribution is -0.145. The first-order valence-corrected chi connectivity index (χ1v) is 4.55. The number of unbranched alkanes of at least 4 members (excludes halogenated alkanes) is 1. The van der Waals surface area contributed by atoms with Crippen LogP contribution in [0.1, 0.15) is 33.6 Å². The highest BCUT2D eigenvalue weighted by molar-refractivity contribution is 5.73. The van der Waals surface area contributed by atoms with Crippen molar-refractivity contribution in [1.82, 2.24) is 0 Å². The van der Waals surface area contributed by atoms with Gasteiger partial charge in [0, 0.05) is 0 Å². The first kappa shape index (κ1) is 11.2. The highest BCUT2D eigenvalue weighted by atomic mass is 16.5. The van der Waals surface area contributed by atoms with Crippen molar-refractivity contribution < 1.29 is 9.53 Å². The van der Waals surface area contributed by atoms with E-state index >= 15 is 0 Å². The van der Waals surface area contributed by atoms with Gasteiger partial charge in [0.25, 0.3) is 0 Å². The van der Waals surface area contributed by atoms with E-state index in [1.54, 1.807) is 0 Å². The van der Waals surface area contributed by atoms with E-state index in [-0.39, 0.29) is 11.9 Å². The van der Waals surface area contributed by atoms with E-state index in [0.717, 1.165) is 12.8 Å². The average molecular weight is 170 g/mol. The van der Waals surface area contributed by atoms with Gasteiger partial charge in [0.1, 0.15) is 0 Å². The van der Waals surface area contributed by atoms with Gasteiger partial charge >= 0.3 is 5.97 Å². The Morgan fingerprint density at radius 1 is 1.50 bits per heavy atom. The molecule has 0 bridgehead atoms. The summed E-state index contributed by atoms with van der Waals surface area (Å²) in [5, 5.41) is 0. The summed E-state index contributed by atoms with van der Waals surface area (Å²) in [6.07, 6.45) is 6.08. The SMILES string of the molecule is CCCC=CC(C)C(=O)OCC. The van der Waals surface area contributed by atoms with Crippen LogP contribution in [-0.2, 0) is 9.53 Å². The van der Waals surface area contributed by atoms with Crippen molar-refractivity contribution in [3.8, 4) is 0 Å². The smallest absolute Gasteiger partial charge is 0.312 e. The molecule has 0 aromatic rings. The molecule has 0 aromatic carbocycles. The second-order valence-corrected chi connectivity index (χ2v) is 2.76. The van der Waals surface area contributed by atoms with Crippen LogP contribution in [0.3, 0.4) is 0 Å². The van der Waals surface area contributed by atoms with Crippen LogP contribution >= 0.6 is 0 Å². The number of esters is 1. The molecule has 70 valence electrons. The van der Waals surface area contributed by atoms with Crippen LogP contribution in [0.5, 0.6) is 0 Å². The van der Waals surface area contributed by atoms with Gasteiger partial charge < -0.3 is 4.74 Å². The average Bonchev–Trinajstić information content (AvgIpc) is 2.05. The Labute approximate surface area is 74.6 Å². The van der Waals surface area contributed by atoms with Gasteiger partial charge in [-0.05, 0) is 20.3 Å². The van der Waals surface area contributed by atoms with Crippen molar-refractivity contribution >= 4 is 5.97 Å². The monoisotopic (exact) mass is 170 g/mol. The molecule has 0 N–H and O–H groups in total. The molecule has 0 rings (SSSR count). The number of hydrogen-bond donors (Lipinski definition) is 0. The van der Waals surface area contributed by atoms with E-state index < -0.39 is 0 Å². The summed E-state index contributed by atoms with van der Waals surface area (Å²) >= 11 is 0. The minimum Gasteiger partial charge on any atom is -0.466 e. The number of allylic oxidation sites excluding steroid dienone is 1. The summed E-state index contributed by atoms with van der Waals surface area (Å²) < 4.78 is 4.84. The van der Waals surface area contributed by atoms with E-state index in [9.17, 15) is 4.79 Å². The van der Waals surface area contributed by atoms with E-state index in [4.69, 9.17) is 4.74 Å². The second kappa shape index (κ2) is 6.89. The molecule has 0 spiro atoms. The first-order valence-electron chi connectivity index (χ1n) is 4.55. The first-order chi connectivity index (χ1) is 5.72. The maximum atomic E-state index is 11.1. The maximum Gasteiger partial charge on any atom is 0.312 e. The van der Waals surface area contributed by atoms with E-state index in [1.165, 1.54) is 0 Å². The normalized spacial score (nSPS) is 13.2. The third-order valence-corrected chi connectivity index (χ3v) is 1.54. The summed E-state index contributed by atoms with van der Waals surface area (Å²) in [5.41, 5.74) is 0. The standard InChI is InChI=1S/C10H18O2/c1-4-6-7-8-9(3)10(11)12-5-2/h7-9H,4-6H2,1-3H3. The fourth-order valence-corrected chi connectivity index (χ4v) is 0.819. The molecule has 1 atom stereocenters. The van der Waals surface area contributed by atoms with Crippen molar-refractivity contribution in [2.75, 3.05) is 6.61 Å². The summed E-state index contributed by atoms with van der Waals surface area (Å²) in [7, 11) is 0. The van der Waals surface area contributed by atoms with Crippen LogP contribution in [0.25, 0.3) is 0 Å². The molecule has 1 unspecified atom stereocenters. The number of ether oxygens (including phenoxy) is 1. The van der Waals surface area contributed by atoms with Crippen LogP contribution in [0.2, 0.25) is 0 Å². The molecule has 0 saturated carbocycles. The molecule has 0 saturated heterocycles. The molecule has 2 heteroatoms. The third kappa shape index (κ3) is 4.94. The lowest BCUT2D eigenvalue weighted by Crippen LogP contribution is -2.12. The molecule has 2 nitrogen and oxygen atoms in total. The van der Waals surface area contributed by atoms with Gasteiger partial charge in [-0.15, -0.1) is 0 Å². The van der Waals surface area contributed by atoms with Crippen molar-refractivity contribution in [2.24, 2.45) is 5.92 Å². The zero-order valence-corrected chi connectivity index (χ0v) is 8.17. The number of carbonyl (C=O) groups excluding carboxylic acids is 1. The largest absolute Gasteiger partial charge is 0.466 e. The van der Waals surface area contributed by atoms with Gasteiger partial charge in [0.2, 0.25) is 0 Å². The summed E-state index contributed by atoms with van der Waals surface area (Å²) in [6.45, 7) is 6.24. The number of rotatable bonds is 5. The molecular formula is C10H18O2. The molecular weight excluding hydrogens is 152 g/mol. The minimum atomic E-state index is -0.134. The minimum absolute atomic E-state index is 0.100. The van der Waals surface area contributed by atoms with Crippen LogP contribution in [0, 0.1) is 5.92 Å². The lowest BCUT2D eigenvalue weighted by atomic mass is 10.1. The molecule has 0 aliphatic carbocycles. The van der Waals surface area contributed by atoms with Crippen LogP contribution < -0.4 is 0 Å². The molecule has 0 radical (unpaired) electrons. The third-order valence-electron chi connectivity index (χ3n) is 1.54. The number of carbonyl (C=O) groups is 1. The van der Waals surface area contributed by atoms with E-state index in [2.05, 4.69) is 6.92 Å². The molecule has 0 heterocycles. The van der Waals surface area contributed by atoms with Gasteiger partial charge in [-0.2, -0.15) is 0 Å². The van der Waals surface area contributed by atoms with Crippen molar-refractivity contribution in [3.63, 3.8) is 0 Å². The maximum absolute atomic E-state index is 11.1. The van der Waals surface area contributed by atoms with Gasteiger partial charge in [-0.1, -0.05) is 25.5 Å². The fourth-order valence-electron chi connectivity index (χ4n) is 0.819. The Morgan fingerprint density at radius 3 is 2.67 bits per heavy atom. The Hall–Kier alpha value is -0.790. The summed E-state index contributed by atoms with van der Waals surface area (Å²) in [6, 6.07) is 0. The Balaban J connectivity index is 3.69. The number of hydrogen-bond acceptors (Lipinski definition) is 2. The molecule has 0 aliphatic heterocycles. The summed E-state index contributed by atoms with van der Waals surface area (Å²) in [4.78, 5) is 11.1.